The van der Waals surface area contributed by atoms with Crippen LogP contribution in [0.5, 0.6) is 0 Å². The van der Waals surface area contributed by atoms with Gasteiger partial charge in [0.1, 0.15) is 5.52 Å². The highest BCUT2D eigenvalue weighted by Gasteiger charge is 2.18. The number of hydrogen-bond donors (Lipinski definition) is 3. The summed E-state index contributed by atoms with van der Waals surface area (Å²) in [7, 11) is 2.17. The van der Waals surface area contributed by atoms with Crippen molar-refractivity contribution in [1.29, 1.82) is 0 Å². The Morgan fingerprint density at radius 3 is 2.71 bits per heavy atom. The zero-order valence-electron chi connectivity index (χ0n) is 20.2. The Hall–Kier alpha value is -3.15. The topological polar surface area (TPSA) is 85.0 Å². The van der Waals surface area contributed by atoms with Crippen molar-refractivity contribution in [3.8, 4) is 11.8 Å². The van der Waals surface area contributed by atoms with Gasteiger partial charge in [-0.1, -0.05) is 31.1 Å². The number of imidazole rings is 1. The summed E-state index contributed by atoms with van der Waals surface area (Å²) in [6, 6.07) is 6.68. The van der Waals surface area contributed by atoms with Crippen molar-refractivity contribution in [3.05, 3.63) is 35.7 Å². The van der Waals surface area contributed by atoms with Crippen LogP contribution in [0.25, 0.3) is 11.2 Å². The molecular formula is C26H34N8. The van der Waals surface area contributed by atoms with Gasteiger partial charge in [-0.2, -0.15) is 9.97 Å². The van der Waals surface area contributed by atoms with Crippen LogP contribution >= 0.6 is 0 Å². The first kappa shape index (κ1) is 22.6. The van der Waals surface area contributed by atoms with E-state index in [0.29, 0.717) is 12.0 Å². The molecule has 2 fully saturated rings. The molecule has 0 spiro atoms. The van der Waals surface area contributed by atoms with Crippen LogP contribution in [-0.4, -0.2) is 75.5 Å². The van der Waals surface area contributed by atoms with E-state index >= 15 is 0 Å². The highest BCUT2D eigenvalue weighted by molar-refractivity contribution is 5.84. The molecule has 1 saturated heterocycles. The highest BCUT2D eigenvalue weighted by atomic mass is 15.2. The molecule has 1 aliphatic carbocycles. The summed E-state index contributed by atoms with van der Waals surface area (Å²) in [4.78, 5) is 21.8. The first-order valence-corrected chi connectivity index (χ1v) is 12.4. The number of H-pyrrole nitrogens is 1. The number of nitrogens with one attached hydrogen (secondary N) is 3. The van der Waals surface area contributed by atoms with Crippen LogP contribution in [0.2, 0.25) is 0 Å². The van der Waals surface area contributed by atoms with E-state index in [1.807, 2.05) is 0 Å². The summed E-state index contributed by atoms with van der Waals surface area (Å²) in [6.07, 6.45) is 7.88. The van der Waals surface area contributed by atoms with Gasteiger partial charge in [0.2, 0.25) is 5.95 Å². The Morgan fingerprint density at radius 2 is 1.91 bits per heavy atom. The minimum absolute atomic E-state index is 0.446. The molecule has 5 rings (SSSR count). The average molecular weight is 459 g/mol. The molecule has 1 aliphatic heterocycles. The molecule has 8 heteroatoms. The van der Waals surface area contributed by atoms with Crippen LogP contribution < -0.4 is 10.6 Å². The van der Waals surface area contributed by atoms with Gasteiger partial charge in [0, 0.05) is 43.5 Å². The minimum atomic E-state index is 0.446. The van der Waals surface area contributed by atoms with Crippen LogP contribution in [0.4, 0.5) is 17.5 Å². The quantitative estimate of drug-likeness (QED) is 0.502. The van der Waals surface area contributed by atoms with Crippen LogP contribution in [-0.2, 0) is 0 Å². The third kappa shape index (κ3) is 5.49. The predicted molar refractivity (Wildman–Crippen MR) is 137 cm³/mol. The molecule has 3 aromatic rings. The monoisotopic (exact) mass is 458 g/mol. The van der Waals surface area contributed by atoms with Gasteiger partial charge < -0.3 is 20.5 Å². The Bertz CT molecular complexity index is 1180. The number of aromatic nitrogens is 4. The smallest absolute Gasteiger partial charge is 0.231 e. The number of aryl methyl sites for hydroxylation is 1. The van der Waals surface area contributed by atoms with Crippen molar-refractivity contribution in [2.75, 3.05) is 50.4 Å². The number of hydrogen-bond acceptors (Lipinski definition) is 7. The second-order valence-electron chi connectivity index (χ2n) is 9.51. The molecule has 2 aromatic heterocycles. The van der Waals surface area contributed by atoms with Crippen molar-refractivity contribution in [2.45, 2.75) is 45.1 Å². The molecule has 3 heterocycles. The molecular weight excluding hydrogens is 424 g/mol. The first-order chi connectivity index (χ1) is 16.6. The molecule has 0 radical (unpaired) electrons. The normalized spacial score (nSPS) is 17.9. The maximum atomic E-state index is 4.78. The van der Waals surface area contributed by atoms with Crippen molar-refractivity contribution >= 4 is 28.6 Å². The average Bonchev–Trinajstić information content (AvgIpc) is 3.32. The fourth-order valence-electron chi connectivity index (χ4n) is 4.69. The van der Waals surface area contributed by atoms with Crippen molar-refractivity contribution in [3.63, 3.8) is 0 Å². The van der Waals surface area contributed by atoms with Gasteiger partial charge in [0.25, 0.3) is 0 Å². The van der Waals surface area contributed by atoms with Gasteiger partial charge in [0.15, 0.2) is 11.5 Å². The van der Waals surface area contributed by atoms with Crippen LogP contribution in [0.3, 0.4) is 0 Å². The fourth-order valence-corrected chi connectivity index (χ4v) is 4.69. The number of fused-ring (bicyclic) bond motifs is 1. The number of anilines is 3. The molecule has 0 amide bonds. The lowest BCUT2D eigenvalue weighted by molar-refractivity contribution is 0.168. The van der Waals surface area contributed by atoms with E-state index in [4.69, 9.17) is 4.98 Å². The summed E-state index contributed by atoms with van der Waals surface area (Å²) in [5.74, 6) is 8.02. The zero-order valence-corrected chi connectivity index (χ0v) is 20.2. The molecule has 1 aromatic carbocycles. The van der Waals surface area contributed by atoms with Gasteiger partial charge >= 0.3 is 0 Å². The highest BCUT2D eigenvalue weighted by Crippen LogP contribution is 2.26. The predicted octanol–water partition coefficient (Wildman–Crippen LogP) is 3.75. The van der Waals surface area contributed by atoms with Crippen LogP contribution in [0.15, 0.2) is 24.5 Å². The summed E-state index contributed by atoms with van der Waals surface area (Å²) in [5.41, 5.74) is 4.65. The van der Waals surface area contributed by atoms with Gasteiger partial charge in [-0.3, -0.25) is 4.90 Å². The number of benzene rings is 1. The van der Waals surface area contributed by atoms with Gasteiger partial charge in [0.05, 0.1) is 12.9 Å². The Labute approximate surface area is 201 Å². The second-order valence-corrected chi connectivity index (χ2v) is 9.51. The van der Waals surface area contributed by atoms with Crippen molar-refractivity contribution < 1.29 is 0 Å². The zero-order chi connectivity index (χ0) is 23.3. The standard InChI is InChI=1S/C26H34N8/c1-19-17-20(7-6-12-34-15-13-33(2)14-16-34)10-11-22(19)30-26-31-24-23(27-18-28-24)25(32-26)29-21-8-4-3-5-9-21/h10-11,17-18,21H,3-5,8-9,12-16H2,1-2H3,(H3,27,28,29,30,31,32). The molecule has 178 valence electrons. The number of rotatable bonds is 5. The number of nitrogens with zero attached hydrogens (tertiary/aromatic N) is 5. The molecule has 1 saturated carbocycles. The van der Waals surface area contributed by atoms with Gasteiger partial charge in [-0.05, 0) is 50.6 Å². The minimum Gasteiger partial charge on any atom is -0.365 e. The lowest BCUT2D eigenvalue weighted by atomic mass is 9.95. The summed E-state index contributed by atoms with van der Waals surface area (Å²) in [5, 5.41) is 7.01. The van der Waals surface area contributed by atoms with Crippen LogP contribution in [0.1, 0.15) is 43.2 Å². The lowest BCUT2D eigenvalue weighted by Crippen LogP contribution is -2.44. The van der Waals surface area contributed by atoms with Gasteiger partial charge in [-0.25, -0.2) is 4.98 Å². The molecule has 8 nitrogen and oxygen atoms in total. The third-order valence-corrected chi connectivity index (χ3v) is 6.83. The van der Waals surface area contributed by atoms with Crippen molar-refractivity contribution in [1.82, 2.24) is 29.7 Å². The van der Waals surface area contributed by atoms with E-state index < -0.39 is 0 Å². The maximum Gasteiger partial charge on any atom is 0.231 e. The van der Waals surface area contributed by atoms with E-state index in [2.05, 4.69) is 79.4 Å². The second kappa shape index (κ2) is 10.4. The van der Waals surface area contributed by atoms with E-state index in [1.165, 1.54) is 32.1 Å². The molecule has 0 atom stereocenters. The van der Waals surface area contributed by atoms with Gasteiger partial charge in [-0.15, -0.1) is 0 Å². The summed E-state index contributed by atoms with van der Waals surface area (Å²) >= 11 is 0. The van der Waals surface area contributed by atoms with Crippen molar-refractivity contribution in [2.24, 2.45) is 0 Å². The molecule has 34 heavy (non-hydrogen) atoms. The molecule has 0 bridgehead atoms. The largest absolute Gasteiger partial charge is 0.365 e. The van der Waals surface area contributed by atoms with E-state index in [0.717, 1.165) is 66.5 Å². The van der Waals surface area contributed by atoms with E-state index in [1.54, 1.807) is 6.33 Å². The Morgan fingerprint density at radius 1 is 1.09 bits per heavy atom. The molecule has 3 N–H and O–H groups in total. The molecule has 0 unspecified atom stereocenters. The fraction of sp³-hybridized carbons (Fsp3) is 0.500. The Kier molecular flexibility index (Phi) is 6.93. The first-order valence-electron chi connectivity index (χ1n) is 12.4. The maximum absolute atomic E-state index is 4.78. The number of likely N-dealkylation sites (N-methyl/N-ethyl adjacent to an activating group) is 1. The van der Waals surface area contributed by atoms with E-state index in [9.17, 15) is 0 Å². The number of aromatic amines is 1. The number of piperazine rings is 1. The molecule has 2 aliphatic rings. The van der Waals surface area contributed by atoms with E-state index in [-0.39, 0.29) is 0 Å². The third-order valence-electron chi connectivity index (χ3n) is 6.83. The Balaban J connectivity index is 1.27. The SMILES string of the molecule is Cc1cc(C#CCN2CCN(C)CC2)ccc1Nc1nc(NC2CCCCC2)c2nc[nH]c2n1. The summed E-state index contributed by atoms with van der Waals surface area (Å²) in [6.45, 7) is 7.32. The van der Waals surface area contributed by atoms with Crippen LogP contribution in [0, 0.1) is 18.8 Å². The lowest BCUT2D eigenvalue weighted by Gasteiger charge is -2.30. The summed E-state index contributed by atoms with van der Waals surface area (Å²) < 4.78 is 0.